The fourth-order valence-corrected chi connectivity index (χ4v) is 1.76. The molecule has 0 aromatic rings. The van der Waals surface area contributed by atoms with Crippen LogP contribution in [-0.4, -0.2) is 38.1 Å². The highest BCUT2D eigenvalue weighted by molar-refractivity contribution is 4.76. The third kappa shape index (κ3) is 2.46. The van der Waals surface area contributed by atoms with Gasteiger partial charge in [-0.15, -0.1) is 0 Å². The molecule has 11 heavy (non-hydrogen) atoms. The summed E-state index contributed by atoms with van der Waals surface area (Å²) < 4.78 is 0. The molecule has 1 heterocycles. The Labute approximate surface area is 70.0 Å². The van der Waals surface area contributed by atoms with Crippen molar-refractivity contribution in [1.29, 1.82) is 0 Å². The summed E-state index contributed by atoms with van der Waals surface area (Å²) in [4.78, 5) is 2.42. The maximum atomic E-state index is 3.33. The Kier molecular flexibility index (Phi) is 3.34. The molecule has 0 aliphatic carbocycles. The average molecular weight is 156 g/mol. The van der Waals surface area contributed by atoms with Gasteiger partial charge >= 0.3 is 0 Å². The number of rotatable bonds is 2. The molecule has 0 bridgehead atoms. The summed E-state index contributed by atoms with van der Waals surface area (Å²) in [6.07, 6.45) is 2.72. The normalized spacial score (nSPS) is 25.4. The van der Waals surface area contributed by atoms with E-state index < -0.39 is 0 Å². The number of piperidine rings is 1. The minimum Gasteiger partial charge on any atom is -0.317 e. The van der Waals surface area contributed by atoms with Crippen molar-refractivity contribution >= 4 is 0 Å². The second-order valence-corrected chi connectivity index (χ2v) is 3.72. The molecule has 1 N–H and O–H groups in total. The first-order valence-electron chi connectivity index (χ1n) is 4.60. The summed E-state index contributed by atoms with van der Waals surface area (Å²) in [5.41, 5.74) is 0. The second kappa shape index (κ2) is 4.07. The minimum absolute atomic E-state index is 0.698. The minimum atomic E-state index is 0.698. The molecule has 1 fully saturated rings. The summed E-state index contributed by atoms with van der Waals surface area (Å²) in [6, 6.07) is 0.698. The van der Waals surface area contributed by atoms with Gasteiger partial charge in [-0.25, -0.2) is 0 Å². The van der Waals surface area contributed by atoms with E-state index in [1.165, 1.54) is 25.9 Å². The van der Waals surface area contributed by atoms with Crippen LogP contribution in [0, 0.1) is 5.92 Å². The lowest BCUT2D eigenvalue weighted by molar-refractivity contribution is 0.193. The van der Waals surface area contributed by atoms with Crippen molar-refractivity contribution < 1.29 is 0 Å². The lowest BCUT2D eigenvalue weighted by Gasteiger charge is -2.32. The molecule has 1 rings (SSSR count). The lowest BCUT2D eigenvalue weighted by atomic mass is 9.91. The lowest BCUT2D eigenvalue weighted by Crippen LogP contribution is -2.39. The third-order valence-corrected chi connectivity index (χ3v) is 2.93. The molecular formula is C9H20N2. The maximum Gasteiger partial charge on any atom is 0.00649 e. The Bertz CT molecular complexity index is 106. The molecule has 2 heteroatoms. The van der Waals surface area contributed by atoms with Crippen LogP contribution in [0.15, 0.2) is 0 Å². The fraction of sp³-hybridized carbons (Fsp3) is 1.00. The summed E-state index contributed by atoms with van der Waals surface area (Å²) in [5, 5.41) is 3.33. The highest BCUT2D eigenvalue weighted by atomic mass is 15.1. The van der Waals surface area contributed by atoms with Crippen LogP contribution in [0.1, 0.15) is 19.8 Å². The molecule has 1 aliphatic heterocycles. The van der Waals surface area contributed by atoms with Gasteiger partial charge in [-0.1, -0.05) is 0 Å². The van der Waals surface area contributed by atoms with E-state index in [2.05, 4.69) is 31.2 Å². The predicted molar refractivity (Wildman–Crippen MR) is 48.7 cm³/mol. The van der Waals surface area contributed by atoms with Gasteiger partial charge in [0.1, 0.15) is 0 Å². The van der Waals surface area contributed by atoms with Crippen molar-refractivity contribution in [2.75, 3.05) is 27.2 Å². The first-order valence-corrected chi connectivity index (χ1v) is 4.60. The van der Waals surface area contributed by atoms with Crippen LogP contribution in [0.3, 0.4) is 0 Å². The maximum absolute atomic E-state index is 3.33. The van der Waals surface area contributed by atoms with E-state index in [-0.39, 0.29) is 0 Å². The topological polar surface area (TPSA) is 15.3 Å². The smallest absolute Gasteiger partial charge is 0.00649 e. The molecule has 2 nitrogen and oxygen atoms in total. The van der Waals surface area contributed by atoms with Crippen LogP contribution in [0.2, 0.25) is 0 Å². The van der Waals surface area contributed by atoms with Crippen molar-refractivity contribution in [3.8, 4) is 0 Å². The second-order valence-electron chi connectivity index (χ2n) is 3.72. The molecule has 1 atom stereocenters. The largest absolute Gasteiger partial charge is 0.317 e. The van der Waals surface area contributed by atoms with Gasteiger partial charge in [0.15, 0.2) is 0 Å². The zero-order valence-corrected chi connectivity index (χ0v) is 7.93. The SMILES string of the molecule is CN[C@@H](C)C1CCN(C)CC1. The summed E-state index contributed by atoms with van der Waals surface area (Å²) >= 11 is 0. The van der Waals surface area contributed by atoms with E-state index in [0.29, 0.717) is 6.04 Å². The van der Waals surface area contributed by atoms with Crippen LogP contribution in [-0.2, 0) is 0 Å². The summed E-state index contributed by atoms with van der Waals surface area (Å²) in [5.74, 6) is 0.899. The van der Waals surface area contributed by atoms with Crippen molar-refractivity contribution in [2.45, 2.75) is 25.8 Å². The molecule has 66 valence electrons. The monoisotopic (exact) mass is 156 g/mol. The van der Waals surface area contributed by atoms with Gasteiger partial charge in [-0.2, -0.15) is 0 Å². The van der Waals surface area contributed by atoms with Crippen molar-refractivity contribution in [2.24, 2.45) is 5.92 Å². The Morgan fingerprint density at radius 3 is 2.36 bits per heavy atom. The number of likely N-dealkylation sites (tertiary alicyclic amines) is 1. The summed E-state index contributed by atoms with van der Waals surface area (Å²) in [7, 11) is 4.27. The Hall–Kier alpha value is -0.0800. The van der Waals surface area contributed by atoms with Gasteiger partial charge in [0, 0.05) is 6.04 Å². The van der Waals surface area contributed by atoms with Crippen LogP contribution in [0.25, 0.3) is 0 Å². The van der Waals surface area contributed by atoms with Crippen molar-refractivity contribution in [3.63, 3.8) is 0 Å². The zero-order chi connectivity index (χ0) is 8.27. The average Bonchev–Trinajstić information content (AvgIpc) is 2.05. The van der Waals surface area contributed by atoms with Gasteiger partial charge in [0.05, 0.1) is 0 Å². The standard InChI is InChI=1S/C9H20N2/c1-8(10-2)9-4-6-11(3)7-5-9/h8-10H,4-7H2,1-3H3/t8-/m0/s1. The molecular weight excluding hydrogens is 136 g/mol. The summed E-state index contributed by atoms with van der Waals surface area (Å²) in [6.45, 7) is 4.84. The highest BCUT2D eigenvalue weighted by Crippen LogP contribution is 2.18. The predicted octanol–water partition coefficient (Wildman–Crippen LogP) is 0.936. The highest BCUT2D eigenvalue weighted by Gasteiger charge is 2.20. The first kappa shape index (κ1) is 9.01. The van der Waals surface area contributed by atoms with Crippen LogP contribution in [0.5, 0.6) is 0 Å². The van der Waals surface area contributed by atoms with E-state index in [4.69, 9.17) is 0 Å². The van der Waals surface area contributed by atoms with E-state index in [1.807, 2.05) is 0 Å². The Balaban J connectivity index is 2.27. The molecule has 0 unspecified atom stereocenters. The molecule has 0 radical (unpaired) electrons. The van der Waals surface area contributed by atoms with E-state index in [9.17, 15) is 0 Å². The molecule has 0 amide bonds. The zero-order valence-electron chi connectivity index (χ0n) is 7.93. The van der Waals surface area contributed by atoms with Gasteiger partial charge < -0.3 is 10.2 Å². The molecule has 0 aromatic carbocycles. The molecule has 1 aliphatic rings. The van der Waals surface area contributed by atoms with E-state index in [0.717, 1.165) is 5.92 Å². The van der Waals surface area contributed by atoms with Gasteiger partial charge in [-0.3, -0.25) is 0 Å². The number of hydrogen-bond donors (Lipinski definition) is 1. The van der Waals surface area contributed by atoms with Crippen molar-refractivity contribution in [3.05, 3.63) is 0 Å². The molecule has 1 saturated heterocycles. The molecule has 0 saturated carbocycles. The number of nitrogens with zero attached hydrogens (tertiary/aromatic N) is 1. The van der Waals surface area contributed by atoms with Gasteiger partial charge in [0.2, 0.25) is 0 Å². The van der Waals surface area contributed by atoms with Gasteiger partial charge in [0.25, 0.3) is 0 Å². The third-order valence-electron chi connectivity index (χ3n) is 2.93. The van der Waals surface area contributed by atoms with Crippen molar-refractivity contribution in [1.82, 2.24) is 10.2 Å². The Morgan fingerprint density at radius 1 is 1.36 bits per heavy atom. The Morgan fingerprint density at radius 2 is 1.91 bits per heavy atom. The van der Waals surface area contributed by atoms with Crippen LogP contribution in [0.4, 0.5) is 0 Å². The molecule has 0 aromatic heterocycles. The first-order chi connectivity index (χ1) is 5.24. The van der Waals surface area contributed by atoms with E-state index in [1.54, 1.807) is 0 Å². The van der Waals surface area contributed by atoms with E-state index >= 15 is 0 Å². The van der Waals surface area contributed by atoms with Gasteiger partial charge in [-0.05, 0) is 52.9 Å². The quantitative estimate of drug-likeness (QED) is 0.640. The molecule has 0 spiro atoms. The fourth-order valence-electron chi connectivity index (χ4n) is 1.76. The number of nitrogens with one attached hydrogen (secondary N) is 1. The van der Waals surface area contributed by atoms with Crippen LogP contribution >= 0.6 is 0 Å². The van der Waals surface area contributed by atoms with Crippen LogP contribution < -0.4 is 5.32 Å². The number of hydrogen-bond acceptors (Lipinski definition) is 2.